The molecule has 1 N–H and O–H groups in total. The van der Waals surface area contributed by atoms with Crippen LogP contribution in [0.3, 0.4) is 0 Å². The third-order valence-electron chi connectivity index (χ3n) is 3.85. The molecule has 0 amide bonds. The summed E-state index contributed by atoms with van der Waals surface area (Å²) in [6.07, 6.45) is 5.07. The van der Waals surface area contributed by atoms with Crippen molar-refractivity contribution in [3.63, 3.8) is 0 Å². The Kier molecular flexibility index (Phi) is 4.88. The van der Waals surface area contributed by atoms with Gasteiger partial charge >= 0.3 is 0 Å². The maximum Gasteiger partial charge on any atom is 0.161 e. The first-order valence-electron chi connectivity index (χ1n) is 6.78. The number of ether oxygens (including phenoxy) is 2. The van der Waals surface area contributed by atoms with Crippen LogP contribution in [0.25, 0.3) is 0 Å². The van der Waals surface area contributed by atoms with Gasteiger partial charge in [0.25, 0.3) is 0 Å². The molecule has 0 radical (unpaired) electrons. The van der Waals surface area contributed by atoms with Crippen molar-refractivity contribution in [3.05, 3.63) is 24.3 Å². The van der Waals surface area contributed by atoms with Gasteiger partial charge in [-0.05, 0) is 44.4 Å². The van der Waals surface area contributed by atoms with E-state index in [1.807, 2.05) is 24.3 Å². The molecule has 0 bridgehead atoms. The summed E-state index contributed by atoms with van der Waals surface area (Å²) < 4.78 is 11.1. The van der Waals surface area contributed by atoms with Gasteiger partial charge in [-0.15, -0.1) is 0 Å². The van der Waals surface area contributed by atoms with Crippen molar-refractivity contribution in [1.29, 1.82) is 0 Å². The molecule has 18 heavy (non-hydrogen) atoms. The van der Waals surface area contributed by atoms with E-state index in [1.54, 1.807) is 7.11 Å². The van der Waals surface area contributed by atoms with Crippen LogP contribution < -0.4 is 14.8 Å². The molecule has 2 rings (SSSR count). The summed E-state index contributed by atoms with van der Waals surface area (Å²) in [4.78, 5) is 0. The molecule has 1 saturated carbocycles. The fourth-order valence-corrected chi connectivity index (χ4v) is 2.82. The van der Waals surface area contributed by atoms with E-state index in [-0.39, 0.29) is 0 Å². The topological polar surface area (TPSA) is 30.5 Å². The Morgan fingerprint density at radius 2 is 2.00 bits per heavy atom. The number of rotatable bonds is 6. The van der Waals surface area contributed by atoms with Crippen molar-refractivity contribution in [1.82, 2.24) is 5.32 Å². The van der Waals surface area contributed by atoms with Crippen LogP contribution in [0.5, 0.6) is 11.5 Å². The summed E-state index contributed by atoms with van der Waals surface area (Å²) >= 11 is 0. The highest BCUT2D eigenvalue weighted by atomic mass is 16.5. The Bertz CT molecular complexity index is 367. The van der Waals surface area contributed by atoms with Crippen molar-refractivity contribution in [2.24, 2.45) is 5.92 Å². The highest BCUT2D eigenvalue weighted by Gasteiger charge is 2.25. The first-order valence-corrected chi connectivity index (χ1v) is 6.78. The second-order valence-electron chi connectivity index (χ2n) is 4.87. The molecule has 0 saturated heterocycles. The first kappa shape index (κ1) is 13.2. The van der Waals surface area contributed by atoms with Crippen LogP contribution in [-0.4, -0.2) is 26.8 Å². The normalized spacial score (nSPS) is 23.0. The van der Waals surface area contributed by atoms with E-state index in [0.29, 0.717) is 6.04 Å². The molecule has 1 aliphatic carbocycles. The van der Waals surface area contributed by atoms with E-state index in [4.69, 9.17) is 9.47 Å². The van der Waals surface area contributed by atoms with Crippen molar-refractivity contribution in [2.45, 2.75) is 31.7 Å². The van der Waals surface area contributed by atoms with Crippen LogP contribution in [0.2, 0.25) is 0 Å². The van der Waals surface area contributed by atoms with Gasteiger partial charge in [0.2, 0.25) is 0 Å². The van der Waals surface area contributed by atoms with Gasteiger partial charge in [0, 0.05) is 6.04 Å². The Morgan fingerprint density at radius 3 is 2.72 bits per heavy atom. The van der Waals surface area contributed by atoms with Gasteiger partial charge in [-0.1, -0.05) is 18.6 Å². The molecule has 0 aromatic heterocycles. The fourth-order valence-electron chi connectivity index (χ4n) is 2.82. The molecule has 100 valence electrons. The molecule has 2 atom stereocenters. The molecular weight excluding hydrogens is 226 g/mol. The molecule has 2 unspecified atom stereocenters. The molecule has 0 heterocycles. The summed E-state index contributed by atoms with van der Waals surface area (Å²) in [5, 5.41) is 3.40. The van der Waals surface area contributed by atoms with Crippen LogP contribution in [0, 0.1) is 5.92 Å². The van der Waals surface area contributed by atoms with Crippen molar-refractivity contribution >= 4 is 0 Å². The van der Waals surface area contributed by atoms with Gasteiger partial charge in [0.05, 0.1) is 13.7 Å². The average molecular weight is 249 g/mol. The first-order chi connectivity index (χ1) is 8.85. The number of hydrogen-bond acceptors (Lipinski definition) is 3. The summed E-state index contributed by atoms with van der Waals surface area (Å²) in [6.45, 7) is 0.767. The lowest BCUT2D eigenvalue weighted by atomic mass is 10.0. The van der Waals surface area contributed by atoms with Crippen LogP contribution in [-0.2, 0) is 0 Å². The Labute approximate surface area is 109 Å². The number of methoxy groups -OCH3 is 1. The van der Waals surface area contributed by atoms with E-state index < -0.39 is 0 Å². The Hall–Kier alpha value is -1.22. The number of para-hydroxylation sites is 2. The summed E-state index contributed by atoms with van der Waals surface area (Å²) in [7, 11) is 3.74. The van der Waals surface area contributed by atoms with Crippen LogP contribution in [0.1, 0.15) is 25.7 Å². The minimum atomic E-state index is 0.672. The molecule has 3 heteroatoms. The minimum Gasteiger partial charge on any atom is -0.493 e. The standard InChI is InChI=1S/C15H23NO2/c1-16-13-7-5-6-12(13)10-11-18-15-9-4-3-8-14(15)17-2/h3-4,8-9,12-13,16H,5-7,10-11H2,1-2H3. The summed E-state index contributed by atoms with van der Waals surface area (Å²) in [5.74, 6) is 2.41. The third kappa shape index (κ3) is 3.16. The smallest absolute Gasteiger partial charge is 0.161 e. The van der Waals surface area contributed by atoms with E-state index in [0.717, 1.165) is 30.4 Å². The second kappa shape index (κ2) is 6.64. The molecule has 1 aliphatic rings. The maximum absolute atomic E-state index is 5.83. The van der Waals surface area contributed by atoms with Gasteiger partial charge in [-0.25, -0.2) is 0 Å². The van der Waals surface area contributed by atoms with Gasteiger partial charge in [0.1, 0.15) is 0 Å². The third-order valence-corrected chi connectivity index (χ3v) is 3.85. The molecular formula is C15H23NO2. The van der Waals surface area contributed by atoms with Crippen LogP contribution in [0.4, 0.5) is 0 Å². The van der Waals surface area contributed by atoms with Crippen molar-refractivity contribution < 1.29 is 9.47 Å². The van der Waals surface area contributed by atoms with Crippen molar-refractivity contribution in [2.75, 3.05) is 20.8 Å². The Balaban J connectivity index is 1.81. The Morgan fingerprint density at radius 1 is 1.22 bits per heavy atom. The lowest BCUT2D eigenvalue weighted by molar-refractivity contribution is 0.252. The average Bonchev–Trinajstić information content (AvgIpc) is 2.87. The highest BCUT2D eigenvalue weighted by Crippen LogP contribution is 2.30. The maximum atomic E-state index is 5.83. The van der Waals surface area contributed by atoms with E-state index >= 15 is 0 Å². The monoisotopic (exact) mass is 249 g/mol. The largest absolute Gasteiger partial charge is 0.493 e. The minimum absolute atomic E-state index is 0.672. The highest BCUT2D eigenvalue weighted by molar-refractivity contribution is 5.39. The number of benzene rings is 1. The molecule has 0 aliphatic heterocycles. The van der Waals surface area contributed by atoms with Crippen LogP contribution >= 0.6 is 0 Å². The van der Waals surface area contributed by atoms with Gasteiger partial charge < -0.3 is 14.8 Å². The molecule has 1 aromatic rings. The van der Waals surface area contributed by atoms with Gasteiger partial charge in [-0.2, -0.15) is 0 Å². The number of nitrogens with one attached hydrogen (secondary N) is 1. The van der Waals surface area contributed by atoms with Gasteiger partial charge in [-0.3, -0.25) is 0 Å². The quantitative estimate of drug-likeness (QED) is 0.841. The lowest BCUT2D eigenvalue weighted by Gasteiger charge is -2.19. The molecule has 3 nitrogen and oxygen atoms in total. The zero-order valence-electron chi connectivity index (χ0n) is 11.3. The zero-order valence-corrected chi connectivity index (χ0v) is 11.3. The van der Waals surface area contributed by atoms with Gasteiger partial charge in [0.15, 0.2) is 11.5 Å². The fraction of sp³-hybridized carbons (Fsp3) is 0.600. The second-order valence-corrected chi connectivity index (χ2v) is 4.87. The van der Waals surface area contributed by atoms with E-state index in [1.165, 1.54) is 19.3 Å². The molecule has 0 spiro atoms. The summed E-state index contributed by atoms with van der Waals surface area (Å²) in [6, 6.07) is 8.50. The predicted molar refractivity (Wildman–Crippen MR) is 73.3 cm³/mol. The van der Waals surface area contributed by atoms with E-state index in [9.17, 15) is 0 Å². The molecule has 1 aromatic carbocycles. The molecule has 1 fully saturated rings. The predicted octanol–water partition coefficient (Wildman–Crippen LogP) is 2.85. The van der Waals surface area contributed by atoms with Crippen molar-refractivity contribution in [3.8, 4) is 11.5 Å². The zero-order chi connectivity index (χ0) is 12.8. The SMILES string of the molecule is CNC1CCCC1CCOc1ccccc1OC. The summed E-state index contributed by atoms with van der Waals surface area (Å²) in [5.41, 5.74) is 0. The van der Waals surface area contributed by atoms with E-state index in [2.05, 4.69) is 12.4 Å². The number of hydrogen-bond donors (Lipinski definition) is 1. The lowest BCUT2D eigenvalue weighted by Crippen LogP contribution is -2.29. The van der Waals surface area contributed by atoms with Crippen LogP contribution in [0.15, 0.2) is 24.3 Å².